The molecule has 0 unspecified atom stereocenters. The van der Waals surface area contributed by atoms with Gasteiger partial charge in [0, 0.05) is 6.54 Å². The Bertz CT molecular complexity index is 576. The number of halogens is 3. The first kappa shape index (κ1) is 14.5. The van der Waals surface area contributed by atoms with E-state index in [-0.39, 0.29) is 10.7 Å². The van der Waals surface area contributed by atoms with Crippen LogP contribution in [0.15, 0.2) is 36.4 Å². The molecule has 0 atom stereocenters. The molecule has 0 aliphatic heterocycles. The van der Waals surface area contributed by atoms with Crippen molar-refractivity contribution in [1.29, 1.82) is 0 Å². The van der Waals surface area contributed by atoms with E-state index >= 15 is 0 Å². The lowest BCUT2D eigenvalue weighted by Crippen LogP contribution is -2.02. The zero-order chi connectivity index (χ0) is 14.5. The van der Waals surface area contributed by atoms with Gasteiger partial charge in [0.1, 0.15) is 16.7 Å². The van der Waals surface area contributed by atoms with E-state index in [1.807, 2.05) is 24.3 Å². The minimum atomic E-state index is -2.62. The maximum Gasteiger partial charge on any atom is 0.266 e. The van der Waals surface area contributed by atoms with Gasteiger partial charge in [0.05, 0.1) is 12.7 Å². The number of hydrogen-bond acceptors (Lipinski definition) is 3. The number of hydrogen-bond donors (Lipinski definition) is 1. The fourth-order valence-electron chi connectivity index (χ4n) is 1.64. The van der Waals surface area contributed by atoms with Crippen molar-refractivity contribution in [2.24, 2.45) is 0 Å². The fraction of sp³-hybridized carbons (Fsp3) is 0.214. The number of aromatic nitrogens is 1. The van der Waals surface area contributed by atoms with Gasteiger partial charge < -0.3 is 10.1 Å². The summed E-state index contributed by atoms with van der Waals surface area (Å²) in [5, 5.41) is 2.84. The molecule has 0 aliphatic rings. The summed E-state index contributed by atoms with van der Waals surface area (Å²) in [7, 11) is 1.60. The lowest BCUT2D eigenvalue weighted by atomic mass is 10.2. The molecule has 6 heteroatoms. The summed E-state index contributed by atoms with van der Waals surface area (Å²) in [4.78, 5) is 3.89. The van der Waals surface area contributed by atoms with E-state index in [9.17, 15) is 8.78 Å². The molecule has 0 amide bonds. The molecule has 0 spiro atoms. The molecule has 1 aromatic carbocycles. The first-order chi connectivity index (χ1) is 9.60. The largest absolute Gasteiger partial charge is 0.497 e. The van der Waals surface area contributed by atoms with Crippen molar-refractivity contribution in [1.82, 2.24) is 4.98 Å². The summed E-state index contributed by atoms with van der Waals surface area (Å²) in [6.45, 7) is 0.515. The highest BCUT2D eigenvalue weighted by Gasteiger charge is 2.13. The van der Waals surface area contributed by atoms with Gasteiger partial charge in [0.2, 0.25) is 0 Å². The Balaban J connectivity index is 2.01. The Hall–Kier alpha value is -1.88. The molecule has 20 heavy (non-hydrogen) atoms. The van der Waals surface area contributed by atoms with Crippen LogP contribution in [-0.2, 0) is 6.54 Å². The van der Waals surface area contributed by atoms with Gasteiger partial charge in [0.15, 0.2) is 0 Å². The van der Waals surface area contributed by atoms with Crippen LogP contribution in [0.2, 0.25) is 5.15 Å². The van der Waals surface area contributed by atoms with Gasteiger partial charge in [-0.25, -0.2) is 13.8 Å². The second-order valence-corrected chi connectivity index (χ2v) is 4.44. The summed E-state index contributed by atoms with van der Waals surface area (Å²) in [6, 6.07) is 10.3. The molecule has 0 saturated heterocycles. The van der Waals surface area contributed by atoms with E-state index in [4.69, 9.17) is 16.3 Å². The molecule has 0 saturated carbocycles. The zero-order valence-corrected chi connectivity index (χ0v) is 11.5. The molecule has 1 N–H and O–H groups in total. The van der Waals surface area contributed by atoms with Gasteiger partial charge >= 0.3 is 0 Å². The van der Waals surface area contributed by atoms with Gasteiger partial charge in [-0.1, -0.05) is 23.7 Å². The number of benzene rings is 1. The predicted molar refractivity (Wildman–Crippen MR) is 74.5 cm³/mol. The van der Waals surface area contributed by atoms with Gasteiger partial charge in [-0.15, -0.1) is 0 Å². The number of anilines is 1. The van der Waals surface area contributed by atoms with Gasteiger partial charge in [0.25, 0.3) is 6.43 Å². The molecule has 2 rings (SSSR count). The van der Waals surface area contributed by atoms with Crippen LogP contribution < -0.4 is 10.1 Å². The molecule has 0 fully saturated rings. The molecule has 0 radical (unpaired) electrons. The molecule has 1 heterocycles. The van der Waals surface area contributed by atoms with E-state index in [0.717, 1.165) is 11.3 Å². The van der Waals surface area contributed by atoms with Gasteiger partial charge in [-0.2, -0.15) is 0 Å². The van der Waals surface area contributed by atoms with Gasteiger partial charge in [-0.3, -0.25) is 0 Å². The summed E-state index contributed by atoms with van der Waals surface area (Å²) in [5.74, 6) is 1.23. The lowest BCUT2D eigenvalue weighted by Gasteiger charge is -2.08. The molecule has 3 nitrogen and oxygen atoms in total. The second kappa shape index (κ2) is 6.52. The number of methoxy groups -OCH3 is 1. The average molecular weight is 299 g/mol. The number of ether oxygens (including phenoxy) is 1. The van der Waals surface area contributed by atoms with Crippen LogP contribution in [0.4, 0.5) is 14.6 Å². The van der Waals surface area contributed by atoms with Crippen molar-refractivity contribution in [3.63, 3.8) is 0 Å². The van der Waals surface area contributed by atoms with Crippen molar-refractivity contribution in [2.45, 2.75) is 13.0 Å². The van der Waals surface area contributed by atoms with Gasteiger partial charge in [-0.05, 0) is 29.8 Å². The fourth-order valence-corrected chi connectivity index (χ4v) is 1.88. The highest BCUT2D eigenvalue weighted by Crippen LogP contribution is 2.26. The minimum Gasteiger partial charge on any atom is -0.497 e. The minimum absolute atomic E-state index is 0.181. The number of nitrogens with one attached hydrogen (secondary N) is 1. The molecule has 0 aliphatic carbocycles. The second-order valence-electron chi connectivity index (χ2n) is 4.08. The topological polar surface area (TPSA) is 34.1 Å². The molecule has 0 bridgehead atoms. The molecule has 1 aromatic heterocycles. The molecular weight excluding hydrogens is 286 g/mol. The smallest absolute Gasteiger partial charge is 0.266 e. The summed E-state index contributed by atoms with van der Waals surface area (Å²) in [5.41, 5.74) is 0.753. The standard InChI is InChI=1S/C14H13ClF2N2O/c1-20-10-4-2-9(3-5-10)8-18-12-7-6-11(14(16)17)13(15)19-12/h2-7,14H,8H2,1H3,(H,18,19). The van der Waals surface area contributed by atoms with Crippen LogP contribution in [0.3, 0.4) is 0 Å². The van der Waals surface area contributed by atoms with Crippen molar-refractivity contribution in [3.05, 3.63) is 52.7 Å². The van der Waals surface area contributed by atoms with Crippen molar-refractivity contribution < 1.29 is 13.5 Å². The quantitative estimate of drug-likeness (QED) is 0.836. The normalized spacial score (nSPS) is 10.7. The van der Waals surface area contributed by atoms with Crippen molar-refractivity contribution in [3.8, 4) is 5.75 Å². The van der Waals surface area contributed by atoms with E-state index in [2.05, 4.69) is 10.3 Å². The van der Waals surface area contributed by atoms with E-state index in [0.29, 0.717) is 12.4 Å². The van der Waals surface area contributed by atoms with Crippen LogP contribution >= 0.6 is 11.6 Å². The Morgan fingerprint density at radius 3 is 2.45 bits per heavy atom. The number of pyridine rings is 1. The molecular formula is C14H13ClF2N2O. The third-order valence-electron chi connectivity index (χ3n) is 2.75. The SMILES string of the molecule is COc1ccc(CNc2ccc(C(F)F)c(Cl)n2)cc1. The third kappa shape index (κ3) is 3.57. The highest BCUT2D eigenvalue weighted by molar-refractivity contribution is 6.30. The maximum absolute atomic E-state index is 12.5. The van der Waals surface area contributed by atoms with Crippen LogP contribution in [0.5, 0.6) is 5.75 Å². The molecule has 2 aromatic rings. The van der Waals surface area contributed by atoms with Crippen LogP contribution in [0.25, 0.3) is 0 Å². The highest BCUT2D eigenvalue weighted by atomic mass is 35.5. The molecule has 106 valence electrons. The van der Waals surface area contributed by atoms with Crippen LogP contribution in [-0.4, -0.2) is 12.1 Å². The number of nitrogens with zero attached hydrogens (tertiary/aromatic N) is 1. The average Bonchev–Trinajstić information content (AvgIpc) is 2.45. The monoisotopic (exact) mass is 298 g/mol. The first-order valence-electron chi connectivity index (χ1n) is 5.91. The van der Waals surface area contributed by atoms with Crippen molar-refractivity contribution >= 4 is 17.4 Å². The summed E-state index contributed by atoms with van der Waals surface area (Å²) in [6.07, 6.45) is -2.62. The van der Waals surface area contributed by atoms with E-state index < -0.39 is 6.43 Å². The predicted octanol–water partition coefficient (Wildman–Crippen LogP) is 4.29. The number of alkyl halides is 2. The lowest BCUT2D eigenvalue weighted by molar-refractivity contribution is 0.151. The van der Waals surface area contributed by atoms with E-state index in [1.165, 1.54) is 12.1 Å². The maximum atomic E-state index is 12.5. The summed E-state index contributed by atoms with van der Waals surface area (Å²) >= 11 is 5.70. The first-order valence-corrected chi connectivity index (χ1v) is 6.29. The summed E-state index contributed by atoms with van der Waals surface area (Å²) < 4.78 is 30.1. The third-order valence-corrected chi connectivity index (χ3v) is 3.05. The Labute approximate surface area is 120 Å². The van der Waals surface area contributed by atoms with Crippen molar-refractivity contribution in [2.75, 3.05) is 12.4 Å². The van der Waals surface area contributed by atoms with Crippen LogP contribution in [0.1, 0.15) is 17.6 Å². The van der Waals surface area contributed by atoms with Crippen LogP contribution in [0, 0.1) is 0 Å². The zero-order valence-electron chi connectivity index (χ0n) is 10.7. The number of rotatable bonds is 5. The Morgan fingerprint density at radius 2 is 1.90 bits per heavy atom. The Morgan fingerprint density at radius 1 is 1.20 bits per heavy atom. The Kier molecular flexibility index (Phi) is 4.74. The van der Waals surface area contributed by atoms with E-state index in [1.54, 1.807) is 7.11 Å².